The van der Waals surface area contributed by atoms with Gasteiger partial charge in [0, 0.05) is 0 Å². The molecular formula is C20H40B2O4. The smallest absolute Gasteiger partial charge is 0.403 e. The van der Waals surface area contributed by atoms with Crippen LogP contribution in [0.3, 0.4) is 0 Å². The first-order chi connectivity index (χ1) is 11.8. The summed E-state index contributed by atoms with van der Waals surface area (Å²) in [5, 5.41) is 0. The zero-order chi connectivity index (χ0) is 19.8. The van der Waals surface area contributed by atoms with Crippen LogP contribution in [0.2, 0.25) is 12.1 Å². The Morgan fingerprint density at radius 1 is 0.654 bits per heavy atom. The minimum atomic E-state index is -0.296. The number of rotatable bonds is 8. The highest BCUT2D eigenvalue weighted by atomic mass is 16.7. The largest absolute Gasteiger partial charge is 0.460 e. The summed E-state index contributed by atoms with van der Waals surface area (Å²) in [6.07, 6.45) is 6.89. The van der Waals surface area contributed by atoms with Crippen LogP contribution in [0.1, 0.15) is 94.4 Å². The molecule has 150 valence electrons. The third-order valence-corrected chi connectivity index (χ3v) is 6.88. The summed E-state index contributed by atoms with van der Waals surface area (Å²) < 4.78 is 25.2. The second-order valence-electron chi connectivity index (χ2n) is 10.2. The lowest BCUT2D eigenvalue weighted by molar-refractivity contribution is 0.00578. The first-order valence-corrected chi connectivity index (χ1v) is 10.5. The molecule has 0 spiro atoms. The summed E-state index contributed by atoms with van der Waals surface area (Å²) in [5.41, 5.74) is -1.18. The lowest BCUT2D eigenvalue weighted by atomic mass is 9.59. The molecule has 0 aromatic rings. The number of hydrogen-bond acceptors (Lipinski definition) is 4. The summed E-state index contributed by atoms with van der Waals surface area (Å²) in [4.78, 5) is 0. The monoisotopic (exact) mass is 366 g/mol. The fraction of sp³-hybridized carbons (Fsp3) is 1.00. The topological polar surface area (TPSA) is 36.9 Å². The average Bonchev–Trinajstić information content (AvgIpc) is 2.81. The second-order valence-corrected chi connectivity index (χ2v) is 10.2. The lowest BCUT2D eigenvalue weighted by Gasteiger charge is -2.32. The molecule has 0 bridgehead atoms. The Balaban J connectivity index is 2.05. The molecule has 26 heavy (non-hydrogen) atoms. The molecule has 4 nitrogen and oxygen atoms in total. The normalized spacial score (nSPS) is 27.1. The maximum absolute atomic E-state index is 6.36. The maximum Gasteiger partial charge on any atom is 0.460 e. The zero-order valence-corrected chi connectivity index (χ0v) is 18.6. The minimum absolute atomic E-state index is 0.194. The van der Waals surface area contributed by atoms with Gasteiger partial charge in [0.2, 0.25) is 0 Å². The molecular weight excluding hydrogens is 326 g/mol. The van der Waals surface area contributed by atoms with Gasteiger partial charge < -0.3 is 18.6 Å². The third kappa shape index (κ3) is 4.68. The SMILES string of the molecule is CCCCCC[C@@H](CB1OC(C)(C)C(C)(C)O1)B1OC(C)(C)C(C)(C)O1. The zero-order valence-electron chi connectivity index (χ0n) is 18.6. The molecule has 0 aliphatic carbocycles. The molecule has 2 aliphatic rings. The highest BCUT2D eigenvalue weighted by molar-refractivity contribution is 6.53. The Morgan fingerprint density at radius 2 is 1.12 bits per heavy atom. The van der Waals surface area contributed by atoms with Crippen molar-refractivity contribution in [3.8, 4) is 0 Å². The standard InChI is InChI=1S/C20H40B2O4/c1-10-11-12-13-14-16(22-25-19(6,7)20(8,9)26-22)15-21-23-17(2,3)18(4,5)24-21/h16H,10-15H2,1-9H3/t16-/m0/s1. The van der Waals surface area contributed by atoms with E-state index in [0.29, 0.717) is 0 Å². The Bertz CT molecular complexity index is 444. The third-order valence-electron chi connectivity index (χ3n) is 6.88. The van der Waals surface area contributed by atoms with E-state index in [2.05, 4.69) is 62.3 Å². The highest BCUT2D eigenvalue weighted by Gasteiger charge is 2.56. The van der Waals surface area contributed by atoms with Gasteiger partial charge in [0.15, 0.2) is 0 Å². The van der Waals surface area contributed by atoms with E-state index in [0.717, 1.165) is 12.7 Å². The first kappa shape index (κ1) is 22.3. The van der Waals surface area contributed by atoms with Gasteiger partial charge in [-0.15, -0.1) is 0 Å². The summed E-state index contributed by atoms with van der Waals surface area (Å²) >= 11 is 0. The van der Waals surface area contributed by atoms with E-state index in [-0.39, 0.29) is 42.5 Å². The highest BCUT2D eigenvalue weighted by Crippen LogP contribution is 2.45. The minimum Gasteiger partial charge on any atom is -0.403 e. The van der Waals surface area contributed by atoms with Crippen LogP contribution >= 0.6 is 0 Å². The van der Waals surface area contributed by atoms with E-state index < -0.39 is 0 Å². The molecule has 1 atom stereocenters. The van der Waals surface area contributed by atoms with Crippen LogP contribution in [0.15, 0.2) is 0 Å². The van der Waals surface area contributed by atoms with Crippen molar-refractivity contribution in [3.05, 3.63) is 0 Å². The molecule has 0 aromatic carbocycles. The van der Waals surface area contributed by atoms with Crippen LogP contribution in [0.25, 0.3) is 0 Å². The molecule has 2 rings (SSSR count). The lowest BCUT2D eigenvalue weighted by Crippen LogP contribution is -2.41. The van der Waals surface area contributed by atoms with Gasteiger partial charge in [-0.25, -0.2) is 0 Å². The Hall–Kier alpha value is -0.0301. The van der Waals surface area contributed by atoms with Gasteiger partial charge in [-0.2, -0.15) is 0 Å². The molecule has 0 amide bonds. The molecule has 0 saturated carbocycles. The van der Waals surface area contributed by atoms with Crippen molar-refractivity contribution in [2.45, 2.75) is 129 Å². The van der Waals surface area contributed by atoms with E-state index in [1.807, 2.05) is 0 Å². The van der Waals surface area contributed by atoms with E-state index in [1.165, 1.54) is 25.7 Å². The molecule has 6 heteroatoms. The van der Waals surface area contributed by atoms with E-state index in [4.69, 9.17) is 18.6 Å². The molecule has 0 unspecified atom stereocenters. The Morgan fingerprint density at radius 3 is 1.58 bits per heavy atom. The van der Waals surface area contributed by atoms with Gasteiger partial charge in [-0.3, -0.25) is 0 Å². The quantitative estimate of drug-likeness (QED) is 0.419. The van der Waals surface area contributed by atoms with Crippen LogP contribution in [0.4, 0.5) is 0 Å². The van der Waals surface area contributed by atoms with Crippen molar-refractivity contribution in [3.63, 3.8) is 0 Å². The van der Waals surface area contributed by atoms with Crippen molar-refractivity contribution in [2.24, 2.45) is 0 Å². The fourth-order valence-electron chi connectivity index (χ4n) is 3.59. The molecule has 2 aliphatic heterocycles. The van der Waals surface area contributed by atoms with Crippen molar-refractivity contribution in [1.82, 2.24) is 0 Å². The van der Waals surface area contributed by atoms with Gasteiger partial charge in [-0.1, -0.05) is 39.0 Å². The first-order valence-electron chi connectivity index (χ1n) is 10.5. The van der Waals surface area contributed by atoms with Crippen LogP contribution in [-0.4, -0.2) is 36.6 Å². The van der Waals surface area contributed by atoms with Gasteiger partial charge in [0.25, 0.3) is 0 Å². The van der Waals surface area contributed by atoms with E-state index >= 15 is 0 Å². The van der Waals surface area contributed by atoms with Gasteiger partial charge >= 0.3 is 14.2 Å². The number of unbranched alkanes of at least 4 members (excludes halogenated alkanes) is 3. The fourth-order valence-corrected chi connectivity index (χ4v) is 3.59. The van der Waals surface area contributed by atoms with E-state index in [1.54, 1.807) is 0 Å². The predicted octanol–water partition coefficient (Wildman–Crippen LogP) is 5.51. The summed E-state index contributed by atoms with van der Waals surface area (Å²) in [6, 6.07) is 0. The molecule has 2 heterocycles. The molecule has 2 fully saturated rings. The van der Waals surface area contributed by atoms with Crippen molar-refractivity contribution in [1.29, 1.82) is 0 Å². The molecule has 0 N–H and O–H groups in total. The molecule has 0 aromatic heterocycles. The van der Waals surface area contributed by atoms with E-state index in [9.17, 15) is 0 Å². The van der Waals surface area contributed by atoms with Crippen molar-refractivity contribution < 1.29 is 18.6 Å². The summed E-state index contributed by atoms with van der Waals surface area (Å²) in [6.45, 7) is 19.2. The summed E-state index contributed by atoms with van der Waals surface area (Å²) in [7, 11) is -0.393. The van der Waals surface area contributed by atoms with Crippen LogP contribution in [-0.2, 0) is 18.6 Å². The van der Waals surface area contributed by atoms with Crippen molar-refractivity contribution >= 4 is 14.2 Å². The predicted molar refractivity (Wildman–Crippen MR) is 109 cm³/mol. The second kappa shape index (κ2) is 7.77. The Kier molecular flexibility index (Phi) is 6.65. The Labute approximate surface area is 162 Å². The van der Waals surface area contributed by atoms with Gasteiger partial charge in [0.1, 0.15) is 0 Å². The molecule has 0 radical (unpaired) electrons. The number of hydrogen-bond donors (Lipinski definition) is 0. The van der Waals surface area contributed by atoms with Crippen molar-refractivity contribution in [2.75, 3.05) is 0 Å². The van der Waals surface area contributed by atoms with Gasteiger partial charge in [-0.05, 0) is 67.5 Å². The van der Waals surface area contributed by atoms with Crippen LogP contribution in [0, 0.1) is 0 Å². The maximum atomic E-state index is 6.36. The summed E-state index contributed by atoms with van der Waals surface area (Å²) in [5.74, 6) is 0.280. The van der Waals surface area contributed by atoms with Gasteiger partial charge in [0.05, 0.1) is 22.4 Å². The van der Waals surface area contributed by atoms with Crippen LogP contribution in [0.5, 0.6) is 0 Å². The molecule has 2 saturated heterocycles. The average molecular weight is 366 g/mol. The van der Waals surface area contributed by atoms with Crippen LogP contribution < -0.4 is 0 Å².